The summed E-state index contributed by atoms with van der Waals surface area (Å²) in [6, 6.07) is 12.9. The topological polar surface area (TPSA) is 62.8 Å². The number of ether oxygens (including phenoxy) is 2. The number of hydrogen-bond acceptors (Lipinski definition) is 4. The van der Waals surface area contributed by atoms with Crippen molar-refractivity contribution >= 4 is 17.4 Å². The summed E-state index contributed by atoms with van der Waals surface area (Å²) < 4.78 is 11.2. The SMILES string of the molecule is COc1cc(C(C)NC(=O)Nc2ccccc2N(C)C)ccc1OC(C)C. The van der Waals surface area contributed by atoms with E-state index in [2.05, 4.69) is 10.6 Å². The molecule has 0 bridgehead atoms. The fourth-order valence-electron chi connectivity index (χ4n) is 2.71. The van der Waals surface area contributed by atoms with E-state index >= 15 is 0 Å². The molecule has 0 saturated carbocycles. The highest BCUT2D eigenvalue weighted by Crippen LogP contribution is 2.31. The number of para-hydroxylation sites is 2. The molecule has 0 spiro atoms. The van der Waals surface area contributed by atoms with Crippen molar-refractivity contribution in [2.24, 2.45) is 0 Å². The van der Waals surface area contributed by atoms with Crippen LogP contribution < -0.4 is 25.0 Å². The molecule has 2 N–H and O–H groups in total. The van der Waals surface area contributed by atoms with Gasteiger partial charge in [0, 0.05) is 14.1 Å². The lowest BCUT2D eigenvalue weighted by atomic mass is 10.1. The number of rotatable bonds is 7. The predicted octanol–water partition coefficient (Wildman–Crippen LogP) is 4.43. The van der Waals surface area contributed by atoms with Gasteiger partial charge in [-0.1, -0.05) is 18.2 Å². The van der Waals surface area contributed by atoms with E-state index in [1.807, 2.05) is 82.2 Å². The van der Waals surface area contributed by atoms with Gasteiger partial charge in [-0.15, -0.1) is 0 Å². The second kappa shape index (κ2) is 9.16. The summed E-state index contributed by atoms with van der Waals surface area (Å²) in [6.07, 6.45) is 0.0582. The number of carbonyl (C=O) groups excluding carboxylic acids is 1. The Morgan fingerprint density at radius 1 is 1.04 bits per heavy atom. The summed E-state index contributed by atoms with van der Waals surface area (Å²) in [4.78, 5) is 14.4. The maximum absolute atomic E-state index is 12.4. The number of anilines is 2. The van der Waals surface area contributed by atoms with Crippen molar-refractivity contribution in [3.8, 4) is 11.5 Å². The third kappa shape index (κ3) is 5.54. The van der Waals surface area contributed by atoms with E-state index in [1.165, 1.54) is 0 Å². The molecule has 2 amide bonds. The van der Waals surface area contributed by atoms with Crippen LogP contribution >= 0.6 is 0 Å². The van der Waals surface area contributed by atoms with Crippen LogP contribution in [-0.4, -0.2) is 33.3 Å². The van der Waals surface area contributed by atoms with E-state index in [4.69, 9.17) is 9.47 Å². The Morgan fingerprint density at radius 3 is 2.37 bits per heavy atom. The summed E-state index contributed by atoms with van der Waals surface area (Å²) in [6.45, 7) is 5.86. The van der Waals surface area contributed by atoms with Crippen molar-refractivity contribution in [1.29, 1.82) is 0 Å². The molecule has 0 aliphatic carbocycles. The van der Waals surface area contributed by atoms with Gasteiger partial charge < -0.3 is 25.0 Å². The van der Waals surface area contributed by atoms with Crippen molar-refractivity contribution in [1.82, 2.24) is 5.32 Å². The Bertz CT molecular complexity index is 775. The molecule has 0 heterocycles. The van der Waals surface area contributed by atoms with Crippen molar-refractivity contribution in [2.45, 2.75) is 32.9 Å². The largest absolute Gasteiger partial charge is 0.493 e. The molecule has 6 nitrogen and oxygen atoms in total. The van der Waals surface area contributed by atoms with Gasteiger partial charge in [0.15, 0.2) is 11.5 Å². The molecule has 2 aromatic carbocycles. The van der Waals surface area contributed by atoms with Crippen LogP contribution in [-0.2, 0) is 0 Å². The summed E-state index contributed by atoms with van der Waals surface area (Å²) in [5.41, 5.74) is 2.63. The fourth-order valence-corrected chi connectivity index (χ4v) is 2.71. The van der Waals surface area contributed by atoms with Crippen LogP contribution in [0.5, 0.6) is 11.5 Å². The van der Waals surface area contributed by atoms with Crippen molar-refractivity contribution in [2.75, 3.05) is 31.4 Å². The average Bonchev–Trinajstić information content (AvgIpc) is 2.61. The standard InChI is InChI=1S/C21H29N3O3/c1-14(2)27-19-12-11-16(13-20(19)26-6)15(3)22-21(25)23-17-9-7-8-10-18(17)24(4)5/h7-15H,1-6H3,(H2,22,23,25). The van der Waals surface area contributed by atoms with E-state index in [1.54, 1.807) is 7.11 Å². The number of urea groups is 1. The first kappa shape index (κ1) is 20.4. The maximum atomic E-state index is 12.4. The van der Waals surface area contributed by atoms with Crippen LogP contribution in [0.25, 0.3) is 0 Å². The molecule has 2 aromatic rings. The number of benzene rings is 2. The quantitative estimate of drug-likeness (QED) is 0.756. The smallest absolute Gasteiger partial charge is 0.319 e. The van der Waals surface area contributed by atoms with Gasteiger partial charge in [-0.25, -0.2) is 4.79 Å². The highest BCUT2D eigenvalue weighted by molar-refractivity contribution is 5.93. The summed E-state index contributed by atoms with van der Waals surface area (Å²) >= 11 is 0. The minimum atomic E-state index is -0.265. The van der Waals surface area contributed by atoms with Gasteiger partial charge in [-0.05, 0) is 50.6 Å². The zero-order chi connectivity index (χ0) is 20.0. The van der Waals surface area contributed by atoms with Crippen LogP contribution in [0.3, 0.4) is 0 Å². The van der Waals surface area contributed by atoms with E-state index < -0.39 is 0 Å². The van der Waals surface area contributed by atoms with Crippen LogP contribution in [0, 0.1) is 0 Å². The van der Waals surface area contributed by atoms with Gasteiger partial charge >= 0.3 is 6.03 Å². The molecule has 0 aromatic heterocycles. The van der Waals surface area contributed by atoms with Gasteiger partial charge in [-0.3, -0.25) is 0 Å². The van der Waals surface area contributed by atoms with Gasteiger partial charge in [0.1, 0.15) is 0 Å². The Balaban J connectivity index is 2.08. The second-order valence-electron chi connectivity index (χ2n) is 6.81. The molecule has 0 fully saturated rings. The normalized spacial score (nSPS) is 11.7. The van der Waals surface area contributed by atoms with E-state index in [-0.39, 0.29) is 18.2 Å². The lowest BCUT2D eigenvalue weighted by Gasteiger charge is -2.20. The van der Waals surface area contributed by atoms with Crippen molar-refractivity contribution in [3.63, 3.8) is 0 Å². The number of methoxy groups -OCH3 is 1. The number of carbonyl (C=O) groups is 1. The van der Waals surface area contributed by atoms with Crippen LogP contribution in [0.2, 0.25) is 0 Å². The first-order valence-electron chi connectivity index (χ1n) is 9.00. The van der Waals surface area contributed by atoms with E-state index in [0.29, 0.717) is 11.5 Å². The van der Waals surface area contributed by atoms with Crippen LogP contribution in [0.15, 0.2) is 42.5 Å². The molecular formula is C21H29N3O3. The summed E-state index contributed by atoms with van der Waals surface area (Å²) in [5.74, 6) is 1.33. The van der Waals surface area contributed by atoms with Crippen molar-refractivity contribution < 1.29 is 14.3 Å². The molecular weight excluding hydrogens is 342 g/mol. The third-order valence-corrected chi connectivity index (χ3v) is 4.03. The highest BCUT2D eigenvalue weighted by Gasteiger charge is 2.15. The molecule has 0 aliphatic rings. The lowest BCUT2D eigenvalue weighted by molar-refractivity contribution is 0.230. The molecule has 1 atom stereocenters. The minimum Gasteiger partial charge on any atom is -0.493 e. The molecule has 6 heteroatoms. The number of hydrogen-bond donors (Lipinski definition) is 2. The second-order valence-corrected chi connectivity index (χ2v) is 6.81. The van der Waals surface area contributed by atoms with Gasteiger partial charge in [-0.2, -0.15) is 0 Å². The molecule has 27 heavy (non-hydrogen) atoms. The molecule has 146 valence electrons. The Labute approximate surface area is 161 Å². The summed E-state index contributed by atoms with van der Waals surface area (Å²) in [7, 11) is 5.48. The van der Waals surface area contributed by atoms with E-state index in [0.717, 1.165) is 16.9 Å². The van der Waals surface area contributed by atoms with E-state index in [9.17, 15) is 4.79 Å². The Morgan fingerprint density at radius 2 is 1.74 bits per heavy atom. The minimum absolute atomic E-state index is 0.0582. The number of amides is 2. The molecule has 1 unspecified atom stereocenters. The molecule has 0 radical (unpaired) electrons. The monoisotopic (exact) mass is 371 g/mol. The van der Waals surface area contributed by atoms with Crippen molar-refractivity contribution in [3.05, 3.63) is 48.0 Å². The lowest BCUT2D eigenvalue weighted by Crippen LogP contribution is -2.31. The van der Waals surface area contributed by atoms with Gasteiger partial charge in [0.25, 0.3) is 0 Å². The number of nitrogens with one attached hydrogen (secondary N) is 2. The molecule has 2 rings (SSSR count). The Kier molecular flexibility index (Phi) is 6.93. The zero-order valence-electron chi connectivity index (χ0n) is 16.9. The van der Waals surface area contributed by atoms with Gasteiger partial charge in [0.2, 0.25) is 0 Å². The van der Waals surface area contributed by atoms with Crippen LogP contribution in [0.4, 0.5) is 16.2 Å². The Hall–Kier alpha value is -2.89. The zero-order valence-corrected chi connectivity index (χ0v) is 16.9. The maximum Gasteiger partial charge on any atom is 0.319 e. The van der Waals surface area contributed by atoms with Crippen LogP contribution in [0.1, 0.15) is 32.4 Å². The molecule has 0 saturated heterocycles. The first-order valence-corrected chi connectivity index (χ1v) is 9.00. The predicted molar refractivity (Wildman–Crippen MR) is 110 cm³/mol. The average molecular weight is 371 g/mol. The molecule has 0 aliphatic heterocycles. The van der Waals surface area contributed by atoms with Gasteiger partial charge in [0.05, 0.1) is 30.6 Å². The number of nitrogens with zero attached hydrogens (tertiary/aromatic N) is 1. The summed E-state index contributed by atoms with van der Waals surface area (Å²) in [5, 5.41) is 5.87. The fraction of sp³-hybridized carbons (Fsp3) is 0.381. The highest BCUT2D eigenvalue weighted by atomic mass is 16.5. The first-order chi connectivity index (χ1) is 12.8. The third-order valence-electron chi connectivity index (χ3n) is 4.03.